The number of anilines is 4. The molecule has 0 radical (unpaired) electrons. The van der Waals surface area contributed by atoms with Gasteiger partial charge < -0.3 is 45.0 Å². The zero-order chi connectivity index (χ0) is 87.9. The molecule has 4 aromatic carbocycles. The van der Waals surface area contributed by atoms with Crippen LogP contribution >= 0.6 is 43.5 Å². The molecule has 4 saturated heterocycles. The lowest BCUT2D eigenvalue weighted by atomic mass is 10.0. The number of carbonyl (C=O) groups is 2. The van der Waals surface area contributed by atoms with Crippen molar-refractivity contribution in [2.75, 3.05) is 72.8 Å². The second-order valence-corrected chi connectivity index (χ2v) is 35.6. The summed E-state index contributed by atoms with van der Waals surface area (Å²) in [6.45, 7) is 42.5. The first-order valence-corrected chi connectivity index (χ1v) is 44.9. The zero-order valence-corrected chi connectivity index (χ0v) is 78.2. The number of halogens is 3. The molecule has 16 rings (SSSR count). The molecule has 12 aromatic rings. The number of aryl methyl sites for hydroxylation is 8. The van der Waals surface area contributed by atoms with Gasteiger partial charge in [-0.15, -0.1) is 0 Å². The smallest absolute Gasteiger partial charge is 0.410 e. The zero-order valence-electron chi connectivity index (χ0n) is 74.3. The number of hydrogen-bond donors (Lipinski definition) is 3. The van der Waals surface area contributed by atoms with E-state index in [1.807, 2.05) is 174 Å². The minimum atomic E-state index is -0.518. The molecule has 12 heterocycles. The molecule has 28 heteroatoms. The summed E-state index contributed by atoms with van der Waals surface area (Å²) in [5.74, 6) is 2.82. The van der Waals surface area contributed by atoms with E-state index in [4.69, 9.17) is 57.3 Å². The maximum Gasteiger partial charge on any atom is 0.410 e. The molecule has 8 aromatic heterocycles. The van der Waals surface area contributed by atoms with Crippen LogP contribution in [0.15, 0.2) is 160 Å². The van der Waals surface area contributed by atoms with Crippen LogP contribution in [0, 0.1) is 33.1 Å². The summed E-state index contributed by atoms with van der Waals surface area (Å²) < 4.78 is 20.5. The number of nitrogen functional groups attached to an aromatic ring is 1. The van der Waals surface area contributed by atoms with Gasteiger partial charge in [0.15, 0.2) is 22.6 Å². The molecule has 4 aliphatic rings. The van der Waals surface area contributed by atoms with Gasteiger partial charge in [-0.25, -0.2) is 52.6 Å². The second kappa shape index (κ2) is 41.7. The largest absolute Gasteiger partial charge is 0.444 e. The second-order valence-electron chi connectivity index (χ2n) is 33.6. The molecule has 4 N–H and O–H groups in total. The molecule has 4 fully saturated rings. The molecule has 0 saturated carbocycles. The van der Waals surface area contributed by atoms with Crippen molar-refractivity contribution in [2.24, 2.45) is 4.99 Å². The van der Waals surface area contributed by atoms with Crippen molar-refractivity contribution in [2.45, 2.75) is 224 Å². The van der Waals surface area contributed by atoms with E-state index in [1.54, 1.807) is 24.9 Å². The summed E-state index contributed by atoms with van der Waals surface area (Å²) in [5, 5.41) is 30.3. The predicted octanol–water partition coefficient (Wildman–Crippen LogP) is 19.9. The van der Waals surface area contributed by atoms with Gasteiger partial charge in [0, 0.05) is 122 Å². The minimum Gasteiger partial charge on any atom is -0.444 e. The molecule has 648 valence electrons. The van der Waals surface area contributed by atoms with E-state index < -0.39 is 11.2 Å². The van der Waals surface area contributed by atoms with Crippen molar-refractivity contribution in [1.82, 2.24) is 73.5 Å². The van der Waals surface area contributed by atoms with Gasteiger partial charge in [0.1, 0.15) is 45.2 Å². The van der Waals surface area contributed by atoms with Gasteiger partial charge >= 0.3 is 12.2 Å². The Morgan fingerprint density at radius 2 is 0.861 bits per heavy atom. The van der Waals surface area contributed by atoms with Crippen molar-refractivity contribution in [3.05, 3.63) is 227 Å². The van der Waals surface area contributed by atoms with Crippen molar-refractivity contribution >= 4 is 118 Å². The number of nitrogens with zero attached hydrogens (tertiary/aromatic N) is 18. The number of nitrogens with one attached hydrogen (secondary N) is 2. The van der Waals surface area contributed by atoms with E-state index in [0.29, 0.717) is 67.5 Å². The monoisotopic (exact) mass is 1800 g/mol. The number of piperazine rings is 2. The number of carbonyl (C=O) groups excluding carboxylic acids is 2. The fourth-order valence-electron chi connectivity index (χ4n) is 15.2. The Balaban J connectivity index is 0.000000154. The first kappa shape index (κ1) is 92.4. The van der Waals surface area contributed by atoms with Crippen LogP contribution in [0.25, 0.3) is 22.6 Å². The highest BCUT2D eigenvalue weighted by molar-refractivity contribution is 9.11. The molecule has 4 aliphatic heterocycles. The molecule has 0 aliphatic carbocycles. The molecular formula is C94H122Br2ClN21O4. The van der Waals surface area contributed by atoms with Gasteiger partial charge in [-0.2, -0.15) is 20.4 Å². The Morgan fingerprint density at radius 1 is 0.484 bits per heavy atom. The average molecular weight is 1810 g/mol. The number of piperidine rings is 2. The van der Waals surface area contributed by atoms with E-state index in [-0.39, 0.29) is 24.3 Å². The quantitative estimate of drug-likeness (QED) is 0.0758. The Hall–Kier alpha value is -10.4. The van der Waals surface area contributed by atoms with Crippen LogP contribution in [0.3, 0.4) is 0 Å². The maximum atomic E-state index is 12.7. The fraction of sp³-hybridized carbons (Fsp3) is 0.447. The standard InChI is InChI=1S/C32H38N6O2.C19H30N6O2.C15H21BrN4.C13H11N.C9H9BrClN3.C6H13N/c1-7-26-29(34-28(24-14-10-8-11-15-24)25-16-12-9-13-17-25)30-33-27(20-22(2)38(30)35-26)37-19-18-36(21-23(37)3)31(39)40-32(4,5)6;1-7-14-16(20)17-21-15(10-12(2)25(17)22-14)24-9-8-23(11-13(24)3)18(26)27-19(4,5)6;1-4-12-14(16)15-17-13(9-11(3)20(15)18-12)19-8-6-5-7-10(19)2;14-13(11-7-3-1-4-8-11)12-9-5-2-6-10-12;1-3-6-8(10)9-12-7(11)4-5(2)14(9)13-6;1-6-4-2-3-5-7-6/h8-17,20,23H,7,18-19,21H2,1-6H3;10,13H,7-9,11,20H2,1-6H3;9-10H,4-8H2,1-3H3;1-10,14H;4H,3H2,1-2H3;6-7H,2-5H2,1H3/t23-;13-;10-;;;6-/m000..0/s1. The first-order valence-electron chi connectivity index (χ1n) is 42.9. The fourth-order valence-corrected chi connectivity index (χ4v) is 16.7. The van der Waals surface area contributed by atoms with Gasteiger partial charge in [0.05, 0.1) is 43.1 Å². The van der Waals surface area contributed by atoms with Crippen molar-refractivity contribution in [3.8, 4) is 0 Å². The predicted molar refractivity (Wildman–Crippen MR) is 501 cm³/mol. The van der Waals surface area contributed by atoms with Gasteiger partial charge in [-0.1, -0.05) is 167 Å². The number of ether oxygens (including phenoxy) is 2. The van der Waals surface area contributed by atoms with Crippen molar-refractivity contribution < 1.29 is 19.1 Å². The Bertz CT molecular complexity index is 5480. The van der Waals surface area contributed by atoms with Gasteiger partial charge in [0.2, 0.25) is 0 Å². The van der Waals surface area contributed by atoms with E-state index in [9.17, 15) is 9.59 Å². The Kier molecular flexibility index (Phi) is 31.6. The molecule has 25 nitrogen and oxygen atoms in total. The first-order chi connectivity index (χ1) is 58.3. The summed E-state index contributed by atoms with van der Waals surface area (Å²) in [6.07, 6.45) is 10.8. The molecule has 4 atom stereocenters. The van der Waals surface area contributed by atoms with Crippen molar-refractivity contribution in [1.29, 1.82) is 5.41 Å². The minimum absolute atomic E-state index is 0.0698. The molecule has 2 amide bonds. The SMILES string of the molecule is CCc1nn2c(C)cc(Cl)nc2c1Br.CCc1nn2c(C)cc(N3CCCC[C@@H]3C)nc2c1Br.CCc1nn2c(C)cc(N3CCN(C(=O)OC(C)(C)C)C[C@@H]3C)nc2c1N.CCc1nn2c(C)cc(N3CCN(C(=O)OC(C)(C)C)C[C@@H]3C)nc2c1N=C(c1ccccc1)c1ccccc1.C[C@H]1CCCCN1.N=C(c1ccccc1)c1ccccc1. The van der Waals surface area contributed by atoms with Crippen LogP contribution < -0.4 is 25.8 Å². The number of fused-ring (bicyclic) bond motifs is 4. The number of aliphatic imine (C=N–C) groups is 1. The van der Waals surface area contributed by atoms with Crippen LogP contribution in [0.2, 0.25) is 5.15 Å². The summed E-state index contributed by atoms with van der Waals surface area (Å²) in [6, 6.07) is 49.6. The third kappa shape index (κ3) is 23.1. The van der Waals surface area contributed by atoms with Crippen LogP contribution in [0.1, 0.15) is 203 Å². The van der Waals surface area contributed by atoms with E-state index >= 15 is 0 Å². The van der Waals surface area contributed by atoms with Crippen LogP contribution in [0.5, 0.6) is 0 Å². The summed E-state index contributed by atoms with van der Waals surface area (Å²) in [7, 11) is 0. The topological polar surface area (TPSA) is 264 Å². The van der Waals surface area contributed by atoms with Gasteiger partial charge in [-0.3, -0.25) is 5.41 Å². The van der Waals surface area contributed by atoms with Gasteiger partial charge in [-0.05, 0) is 210 Å². The maximum absolute atomic E-state index is 12.7. The summed E-state index contributed by atoms with van der Waals surface area (Å²) in [4.78, 5) is 59.7. The lowest BCUT2D eigenvalue weighted by Gasteiger charge is -2.40. The lowest BCUT2D eigenvalue weighted by molar-refractivity contribution is 0.0208. The highest BCUT2D eigenvalue weighted by atomic mass is 79.9. The van der Waals surface area contributed by atoms with Crippen molar-refractivity contribution in [3.63, 3.8) is 0 Å². The third-order valence-electron chi connectivity index (χ3n) is 21.8. The normalized spacial score (nSPS) is 16.7. The molecule has 0 spiro atoms. The third-order valence-corrected chi connectivity index (χ3v) is 23.6. The average Bonchev–Trinajstić information content (AvgIpc) is 1.61. The highest BCUT2D eigenvalue weighted by Crippen LogP contribution is 2.34. The number of hydrogen-bond acceptors (Lipinski definition) is 19. The summed E-state index contributed by atoms with van der Waals surface area (Å²) in [5.41, 5.74) is 23.2. The summed E-state index contributed by atoms with van der Waals surface area (Å²) >= 11 is 13.0. The van der Waals surface area contributed by atoms with E-state index in [1.165, 1.54) is 45.1 Å². The Morgan fingerprint density at radius 3 is 1.26 bits per heavy atom. The molecule has 0 bridgehead atoms. The lowest BCUT2D eigenvalue weighted by Crippen LogP contribution is -2.54. The van der Waals surface area contributed by atoms with Crippen LogP contribution in [-0.4, -0.2) is 180 Å². The number of amides is 2. The van der Waals surface area contributed by atoms with Crippen LogP contribution in [0.4, 0.5) is 38.4 Å². The van der Waals surface area contributed by atoms with E-state index in [0.717, 1.165) is 161 Å². The van der Waals surface area contributed by atoms with Crippen LogP contribution in [-0.2, 0) is 35.2 Å². The van der Waals surface area contributed by atoms with Gasteiger partial charge in [0.25, 0.3) is 0 Å². The number of rotatable bonds is 12. The number of aromatic nitrogens is 12. The number of benzene rings is 4. The molecular weight excluding hydrogens is 1680 g/mol. The molecule has 0 unspecified atom stereocenters. The van der Waals surface area contributed by atoms with E-state index in [2.05, 4.69) is 171 Å². The highest BCUT2D eigenvalue weighted by Gasteiger charge is 2.34. The number of nitrogens with two attached hydrogens (primary N) is 1. The molecule has 122 heavy (non-hydrogen) atoms. The Labute approximate surface area is 741 Å².